The monoisotopic (exact) mass is 582 g/mol. The van der Waals surface area contributed by atoms with Gasteiger partial charge in [-0.1, -0.05) is 11.6 Å². The number of piperidine rings is 1. The lowest BCUT2D eigenvalue weighted by Crippen LogP contribution is -2.39. The van der Waals surface area contributed by atoms with Crippen LogP contribution in [0.15, 0.2) is 36.4 Å². The molecule has 11 nitrogen and oxygen atoms in total. The third kappa shape index (κ3) is 5.88. The van der Waals surface area contributed by atoms with Gasteiger partial charge in [0.2, 0.25) is 0 Å². The fourth-order valence-corrected chi connectivity index (χ4v) is 6.10. The highest BCUT2D eigenvalue weighted by Gasteiger charge is 2.32. The van der Waals surface area contributed by atoms with Crippen molar-refractivity contribution in [3.8, 4) is 17.1 Å². The van der Waals surface area contributed by atoms with E-state index in [0.717, 1.165) is 12.1 Å². The number of hydrogen-bond donors (Lipinski definition) is 2. The third-order valence-corrected chi connectivity index (χ3v) is 8.07. The first-order valence-corrected chi connectivity index (χ1v) is 13.9. The van der Waals surface area contributed by atoms with Gasteiger partial charge in [-0.2, -0.15) is 0 Å². The van der Waals surface area contributed by atoms with Crippen LogP contribution < -0.4 is 9.64 Å². The zero-order valence-corrected chi connectivity index (χ0v) is 21.6. The Labute approximate surface area is 226 Å². The van der Waals surface area contributed by atoms with Crippen molar-refractivity contribution < 1.29 is 42.3 Å². The molecule has 2 aliphatic rings. The number of fused-ring (bicyclic) bond motifs is 1. The van der Waals surface area contributed by atoms with Crippen molar-refractivity contribution >= 4 is 39.9 Å². The van der Waals surface area contributed by atoms with Crippen molar-refractivity contribution in [1.29, 1.82) is 0 Å². The molecule has 2 aliphatic heterocycles. The molecule has 1 fully saturated rings. The van der Waals surface area contributed by atoms with E-state index in [1.807, 2.05) is 4.90 Å². The van der Waals surface area contributed by atoms with Crippen LogP contribution >= 0.6 is 22.2 Å². The molecular weight excluding hydrogens is 562 g/mol. The maximum absolute atomic E-state index is 14.6. The molecule has 0 saturated carbocycles. The predicted octanol–water partition coefficient (Wildman–Crippen LogP) is 5.48. The third-order valence-electron chi connectivity index (χ3n) is 6.32. The van der Waals surface area contributed by atoms with Crippen molar-refractivity contribution in [3.63, 3.8) is 0 Å². The molecule has 1 unspecified atom stereocenters. The molecule has 15 heteroatoms. The molecule has 2 N–H and O–H groups in total. The fraction of sp³-hybridized carbons (Fsp3) is 0.292. The Kier molecular flexibility index (Phi) is 7.29. The van der Waals surface area contributed by atoms with Gasteiger partial charge in [-0.15, -0.1) is 0 Å². The van der Waals surface area contributed by atoms with E-state index >= 15 is 0 Å². The Balaban J connectivity index is 1.30. The average molecular weight is 583 g/mol. The van der Waals surface area contributed by atoms with Gasteiger partial charge in [-0.25, -0.2) is 28.8 Å². The lowest BCUT2D eigenvalue weighted by atomic mass is 10.1. The quantitative estimate of drug-likeness (QED) is 0.171. The summed E-state index contributed by atoms with van der Waals surface area (Å²) in [5, 5.41) is 8.47. The first-order chi connectivity index (χ1) is 18.5. The molecule has 206 valence electrons. The highest BCUT2D eigenvalue weighted by molar-refractivity contribution is 8.23. The number of ether oxygens (including phenoxy) is 2. The second-order valence-corrected chi connectivity index (χ2v) is 11.6. The van der Waals surface area contributed by atoms with Crippen LogP contribution in [0, 0.1) is 16.5 Å². The van der Waals surface area contributed by atoms with Gasteiger partial charge >= 0.3 is 11.8 Å². The van der Waals surface area contributed by atoms with Crippen LogP contribution in [0.3, 0.4) is 0 Å². The summed E-state index contributed by atoms with van der Waals surface area (Å²) in [4.78, 5) is 33.3. The highest BCUT2D eigenvalue weighted by atomic mass is 35.5. The summed E-state index contributed by atoms with van der Waals surface area (Å²) in [6.07, 6.45) is -0.705. The Morgan fingerprint density at radius 3 is 2.49 bits per heavy atom. The normalized spacial score (nSPS) is 20.7. The average Bonchev–Trinajstić information content (AvgIpc) is 3.20. The Hall–Kier alpha value is -3.59. The SMILES string of the molecule is O=C(Oc1ccc([N+](=O)O)cc1)OC1CCN(c2nc(-c3cc(F)c(Cl)cc3F)nc3c2CS([O-])(O)C3)CC1. The number of rotatable bonds is 5. The van der Waals surface area contributed by atoms with Crippen LogP contribution in [0.1, 0.15) is 24.1 Å². The molecule has 1 aromatic heterocycles. The van der Waals surface area contributed by atoms with Crippen molar-refractivity contribution in [2.45, 2.75) is 30.5 Å². The minimum atomic E-state index is -3.24. The second-order valence-electron chi connectivity index (χ2n) is 9.03. The molecule has 0 bridgehead atoms. The molecular formula is C24H21ClF2N4O7S. The van der Waals surface area contributed by atoms with Crippen LogP contribution in [0.5, 0.6) is 5.75 Å². The lowest BCUT2D eigenvalue weighted by molar-refractivity contribution is -0.729. The summed E-state index contributed by atoms with van der Waals surface area (Å²) in [5.41, 5.74) is 0.478. The molecule has 0 spiro atoms. The van der Waals surface area contributed by atoms with Gasteiger partial charge in [0.15, 0.2) is 5.82 Å². The first kappa shape index (κ1) is 27.0. The standard InChI is InChI=1S/C24H21ClF2N4O7S/c25-18-10-19(26)16(9-20(18)27)22-28-21-12-39(35,36)11-17(21)23(29-22)30-7-5-15(6-8-30)38-24(32)37-14-3-1-13(2-4-14)31(33)34/h1-4,9-10,15H,5-8,11-12H2,(H2-,33,34,35,36). The summed E-state index contributed by atoms with van der Waals surface area (Å²) in [5.74, 6) is -1.78. The van der Waals surface area contributed by atoms with Crippen molar-refractivity contribution in [1.82, 2.24) is 9.97 Å². The summed E-state index contributed by atoms with van der Waals surface area (Å²) in [7, 11) is -3.24. The van der Waals surface area contributed by atoms with Gasteiger partial charge in [0, 0.05) is 55.1 Å². The molecule has 0 aliphatic carbocycles. The molecule has 1 saturated heterocycles. The van der Waals surface area contributed by atoms with Gasteiger partial charge in [0.05, 0.1) is 21.2 Å². The van der Waals surface area contributed by atoms with Gasteiger partial charge < -0.3 is 34.1 Å². The van der Waals surface area contributed by atoms with E-state index in [1.165, 1.54) is 24.3 Å². The molecule has 3 aromatic rings. The maximum atomic E-state index is 14.6. The summed E-state index contributed by atoms with van der Waals surface area (Å²) in [6.45, 7) is 0.685. The minimum Gasteiger partial charge on any atom is -0.767 e. The van der Waals surface area contributed by atoms with E-state index in [0.29, 0.717) is 37.3 Å². The van der Waals surface area contributed by atoms with E-state index in [4.69, 9.17) is 26.3 Å². The van der Waals surface area contributed by atoms with Crippen LogP contribution in [-0.2, 0) is 16.2 Å². The molecule has 0 radical (unpaired) electrons. The highest BCUT2D eigenvalue weighted by Crippen LogP contribution is 2.54. The Morgan fingerprint density at radius 2 is 1.82 bits per heavy atom. The second kappa shape index (κ2) is 10.5. The van der Waals surface area contributed by atoms with Crippen LogP contribution in [0.4, 0.5) is 25.1 Å². The number of halogens is 3. The van der Waals surface area contributed by atoms with Crippen LogP contribution in [-0.4, -0.2) is 54.6 Å². The van der Waals surface area contributed by atoms with E-state index < -0.39 is 39.5 Å². The van der Waals surface area contributed by atoms with Crippen molar-refractivity contribution in [3.05, 3.63) is 69.2 Å². The Bertz CT molecular complexity index is 1450. The van der Waals surface area contributed by atoms with E-state index in [1.54, 1.807) is 0 Å². The molecule has 1 atom stereocenters. The number of aromatic nitrogens is 2. The van der Waals surface area contributed by atoms with Gasteiger partial charge in [-0.3, -0.25) is 0 Å². The molecule has 39 heavy (non-hydrogen) atoms. The number of carbonyl (C=O) groups is 1. The minimum absolute atomic E-state index is 0.0385. The molecule has 3 heterocycles. The molecule has 5 rings (SSSR count). The van der Waals surface area contributed by atoms with Crippen molar-refractivity contribution in [2.24, 2.45) is 0 Å². The zero-order valence-electron chi connectivity index (χ0n) is 20.1. The van der Waals surface area contributed by atoms with E-state index in [2.05, 4.69) is 9.97 Å². The smallest absolute Gasteiger partial charge is 0.514 e. The van der Waals surface area contributed by atoms with Gasteiger partial charge in [0.1, 0.15) is 29.3 Å². The maximum Gasteiger partial charge on any atom is 0.514 e. The van der Waals surface area contributed by atoms with Gasteiger partial charge in [-0.05, 0) is 24.3 Å². The van der Waals surface area contributed by atoms with Crippen LogP contribution in [0.2, 0.25) is 5.02 Å². The predicted molar refractivity (Wildman–Crippen MR) is 135 cm³/mol. The number of carbonyl (C=O) groups excluding carboxylic acids is 1. The van der Waals surface area contributed by atoms with Gasteiger partial charge in [0.25, 0.3) is 4.92 Å². The zero-order chi connectivity index (χ0) is 27.9. The molecule has 2 aromatic carbocycles. The largest absolute Gasteiger partial charge is 0.767 e. The lowest BCUT2D eigenvalue weighted by Gasteiger charge is -2.40. The van der Waals surface area contributed by atoms with Crippen LogP contribution in [0.25, 0.3) is 11.4 Å². The summed E-state index contributed by atoms with van der Waals surface area (Å²) < 4.78 is 61.9. The number of benzene rings is 2. The number of anilines is 1. The summed E-state index contributed by atoms with van der Waals surface area (Å²) in [6, 6.07) is 6.87. The number of hydrogen-bond acceptors (Lipinski definition) is 9. The van der Waals surface area contributed by atoms with E-state index in [-0.39, 0.29) is 44.9 Å². The van der Waals surface area contributed by atoms with E-state index in [9.17, 15) is 27.6 Å². The summed E-state index contributed by atoms with van der Waals surface area (Å²) >= 11 is 5.67. The fourth-order valence-electron chi connectivity index (χ4n) is 4.43. The number of nitrogens with zero attached hydrogens (tertiary/aromatic N) is 4. The topological polar surface area (TPSA) is 148 Å². The molecule has 0 amide bonds. The van der Waals surface area contributed by atoms with Crippen molar-refractivity contribution in [2.75, 3.05) is 18.0 Å². The Morgan fingerprint density at radius 1 is 1.13 bits per heavy atom. The first-order valence-electron chi connectivity index (χ1n) is 11.7.